The highest BCUT2D eigenvalue weighted by Crippen LogP contribution is 2.50. The van der Waals surface area contributed by atoms with Crippen LogP contribution in [-0.2, 0) is 0 Å². The summed E-state index contributed by atoms with van der Waals surface area (Å²) in [6.45, 7) is 7.27. The second-order valence-electron chi connectivity index (χ2n) is 6.95. The summed E-state index contributed by atoms with van der Waals surface area (Å²) in [5.74, 6) is 0.489. The maximum Gasteiger partial charge on any atom is 0.0440 e. The van der Waals surface area contributed by atoms with Crippen LogP contribution in [0, 0.1) is 0 Å². The van der Waals surface area contributed by atoms with Crippen LogP contribution < -0.4 is 0 Å². The van der Waals surface area contributed by atoms with Gasteiger partial charge < -0.3 is 0 Å². The fourth-order valence-electron chi connectivity index (χ4n) is 4.30. The van der Waals surface area contributed by atoms with Crippen molar-refractivity contribution in [3.8, 4) is 0 Å². The third-order valence-electron chi connectivity index (χ3n) is 5.16. The zero-order valence-electron chi connectivity index (χ0n) is 13.5. The summed E-state index contributed by atoms with van der Waals surface area (Å²) in [4.78, 5) is 0. The first-order valence-electron chi connectivity index (χ1n) is 8.24. The van der Waals surface area contributed by atoms with Crippen LogP contribution in [0.5, 0.6) is 0 Å². The maximum absolute atomic E-state index is 2.49. The highest BCUT2D eigenvalue weighted by molar-refractivity contribution is 6.58. The van der Waals surface area contributed by atoms with Gasteiger partial charge in [-0.15, -0.1) is 0 Å². The van der Waals surface area contributed by atoms with Gasteiger partial charge in [0.05, 0.1) is 0 Å². The van der Waals surface area contributed by atoms with Crippen LogP contribution in [0.25, 0.3) is 12.2 Å². The van der Waals surface area contributed by atoms with Crippen molar-refractivity contribution in [1.29, 1.82) is 0 Å². The zero-order valence-corrected chi connectivity index (χ0v) is 14.7. The SMILES string of the molecule is CC1=Cc2ccccc2C1C1=Cc2ccccc2C1[SiH](C)C. The minimum Gasteiger partial charge on any atom is -0.0714 e. The third-order valence-corrected chi connectivity index (χ3v) is 7.24. The minimum absolute atomic E-state index is 0.489. The standard InChI is InChI=1S/C21H22Si/c1-14-12-15-8-4-6-10-17(15)20(14)19-13-16-9-5-7-11-18(16)21(19)22(2)3/h4-13,20-22H,1-3H3. The highest BCUT2D eigenvalue weighted by atomic mass is 28.3. The summed E-state index contributed by atoms with van der Waals surface area (Å²) in [6, 6.07) is 17.9. The molecule has 22 heavy (non-hydrogen) atoms. The third kappa shape index (κ3) is 1.96. The van der Waals surface area contributed by atoms with E-state index < -0.39 is 8.80 Å². The lowest BCUT2D eigenvalue weighted by Gasteiger charge is -2.26. The Labute approximate surface area is 134 Å². The smallest absolute Gasteiger partial charge is 0.0440 e. The van der Waals surface area contributed by atoms with Gasteiger partial charge in [0.1, 0.15) is 0 Å². The number of benzene rings is 2. The van der Waals surface area contributed by atoms with Crippen LogP contribution in [0.4, 0.5) is 0 Å². The Morgan fingerprint density at radius 1 is 0.773 bits per heavy atom. The first kappa shape index (κ1) is 13.8. The molecule has 0 aromatic heterocycles. The quantitative estimate of drug-likeness (QED) is 0.652. The van der Waals surface area contributed by atoms with Crippen LogP contribution in [0.1, 0.15) is 40.6 Å². The molecule has 0 aliphatic heterocycles. The lowest BCUT2D eigenvalue weighted by atomic mass is 9.87. The molecule has 2 aromatic rings. The van der Waals surface area contributed by atoms with Crippen molar-refractivity contribution in [2.45, 2.75) is 31.5 Å². The van der Waals surface area contributed by atoms with E-state index in [0.29, 0.717) is 11.5 Å². The summed E-state index contributed by atoms with van der Waals surface area (Å²) in [6.07, 6.45) is 4.86. The van der Waals surface area contributed by atoms with E-state index in [1.54, 1.807) is 11.1 Å². The Kier molecular flexibility index (Phi) is 3.19. The molecule has 0 nitrogen and oxygen atoms in total. The van der Waals surface area contributed by atoms with Crippen LogP contribution in [0.2, 0.25) is 13.1 Å². The molecule has 0 bridgehead atoms. The molecule has 1 heteroatoms. The number of hydrogen-bond acceptors (Lipinski definition) is 0. The van der Waals surface area contributed by atoms with Gasteiger partial charge >= 0.3 is 0 Å². The topological polar surface area (TPSA) is 0 Å². The van der Waals surface area contributed by atoms with Crippen molar-refractivity contribution in [3.63, 3.8) is 0 Å². The lowest BCUT2D eigenvalue weighted by molar-refractivity contribution is 0.890. The molecule has 2 aliphatic carbocycles. The Balaban J connectivity index is 1.85. The number of allylic oxidation sites excluding steroid dienone is 2. The van der Waals surface area contributed by atoms with E-state index in [1.165, 1.54) is 22.3 Å². The molecule has 2 atom stereocenters. The lowest BCUT2D eigenvalue weighted by Crippen LogP contribution is -2.19. The molecule has 2 unspecified atom stereocenters. The van der Waals surface area contributed by atoms with Crippen molar-refractivity contribution < 1.29 is 0 Å². The molecule has 0 radical (unpaired) electrons. The molecular weight excluding hydrogens is 280 g/mol. The molecule has 0 spiro atoms. The Bertz CT molecular complexity index is 795. The first-order valence-corrected chi connectivity index (χ1v) is 11.2. The summed E-state index contributed by atoms with van der Waals surface area (Å²) >= 11 is 0. The number of hydrogen-bond donors (Lipinski definition) is 0. The van der Waals surface area contributed by atoms with Gasteiger partial charge in [0.2, 0.25) is 0 Å². The predicted octanol–water partition coefficient (Wildman–Crippen LogP) is 5.39. The normalized spacial score (nSPS) is 22.4. The van der Waals surface area contributed by atoms with Gasteiger partial charge in [-0.25, -0.2) is 0 Å². The molecule has 4 rings (SSSR count). The molecular formula is C21H22Si. The second-order valence-corrected chi connectivity index (χ2v) is 10.1. The summed E-state index contributed by atoms with van der Waals surface area (Å²) in [5, 5.41) is 0. The van der Waals surface area contributed by atoms with Gasteiger partial charge in [-0.1, -0.05) is 84.9 Å². The Morgan fingerprint density at radius 2 is 1.36 bits per heavy atom. The van der Waals surface area contributed by atoms with E-state index in [9.17, 15) is 0 Å². The van der Waals surface area contributed by atoms with Crippen LogP contribution in [0.15, 0.2) is 59.7 Å². The highest BCUT2D eigenvalue weighted by Gasteiger charge is 2.36. The first-order chi connectivity index (χ1) is 10.7. The van der Waals surface area contributed by atoms with E-state index in [2.05, 4.69) is 80.7 Å². The van der Waals surface area contributed by atoms with E-state index in [4.69, 9.17) is 0 Å². The number of rotatable bonds is 2. The molecule has 0 heterocycles. The van der Waals surface area contributed by atoms with E-state index in [-0.39, 0.29) is 0 Å². The zero-order chi connectivity index (χ0) is 15.3. The van der Waals surface area contributed by atoms with Gasteiger partial charge in [-0.3, -0.25) is 0 Å². The number of fused-ring (bicyclic) bond motifs is 2. The van der Waals surface area contributed by atoms with Crippen molar-refractivity contribution in [3.05, 3.63) is 81.9 Å². The predicted molar refractivity (Wildman–Crippen MR) is 98.9 cm³/mol. The molecule has 2 aromatic carbocycles. The van der Waals surface area contributed by atoms with Crippen LogP contribution in [0.3, 0.4) is 0 Å². The average Bonchev–Trinajstić information content (AvgIpc) is 3.03. The second kappa shape index (κ2) is 5.10. The van der Waals surface area contributed by atoms with Gasteiger partial charge in [-0.05, 0) is 34.7 Å². The largest absolute Gasteiger partial charge is 0.0714 e. The van der Waals surface area contributed by atoms with Crippen molar-refractivity contribution >= 4 is 20.9 Å². The van der Waals surface area contributed by atoms with Crippen molar-refractivity contribution in [2.24, 2.45) is 0 Å². The summed E-state index contributed by atoms with van der Waals surface area (Å²) < 4.78 is 0. The van der Waals surface area contributed by atoms with Crippen molar-refractivity contribution in [2.75, 3.05) is 0 Å². The Morgan fingerprint density at radius 3 is 2.05 bits per heavy atom. The average molecular weight is 302 g/mol. The molecule has 0 saturated carbocycles. The van der Waals surface area contributed by atoms with E-state index >= 15 is 0 Å². The minimum atomic E-state index is -0.811. The molecule has 110 valence electrons. The fraction of sp³-hybridized carbons (Fsp3) is 0.238. The van der Waals surface area contributed by atoms with Gasteiger partial charge in [0.25, 0.3) is 0 Å². The van der Waals surface area contributed by atoms with Gasteiger partial charge in [0.15, 0.2) is 0 Å². The molecule has 0 amide bonds. The monoisotopic (exact) mass is 302 g/mol. The van der Waals surface area contributed by atoms with E-state index in [1.807, 2.05) is 0 Å². The maximum atomic E-state index is 2.49. The molecule has 0 fully saturated rings. The van der Waals surface area contributed by atoms with Crippen molar-refractivity contribution in [1.82, 2.24) is 0 Å². The molecule has 2 aliphatic rings. The Hall–Kier alpha value is -1.86. The summed E-state index contributed by atoms with van der Waals surface area (Å²) in [7, 11) is -0.811. The molecule has 0 saturated heterocycles. The molecule has 0 N–H and O–H groups in total. The van der Waals surface area contributed by atoms with Crippen LogP contribution in [-0.4, -0.2) is 8.80 Å². The summed E-state index contributed by atoms with van der Waals surface area (Å²) in [5.41, 5.74) is 9.74. The van der Waals surface area contributed by atoms with Gasteiger partial charge in [-0.2, -0.15) is 0 Å². The fourth-order valence-corrected chi connectivity index (χ4v) is 6.38. The van der Waals surface area contributed by atoms with Crippen LogP contribution >= 0.6 is 0 Å². The van der Waals surface area contributed by atoms with E-state index in [0.717, 1.165) is 0 Å². The van der Waals surface area contributed by atoms with Gasteiger partial charge in [0, 0.05) is 14.7 Å².